The van der Waals surface area contributed by atoms with E-state index in [0.717, 1.165) is 22.7 Å². The molecule has 2 rings (SSSR count). The minimum atomic E-state index is -3.82. The lowest BCUT2D eigenvalue weighted by Crippen LogP contribution is -2.22. The number of thiophene rings is 2. The van der Waals surface area contributed by atoms with Gasteiger partial charge in [-0.1, -0.05) is 23.2 Å². The summed E-state index contributed by atoms with van der Waals surface area (Å²) in [5.41, 5.74) is 0. The molecule has 0 spiro atoms. The second-order valence-corrected chi connectivity index (χ2v) is 10.8. The molecule has 0 atom stereocenters. The highest BCUT2D eigenvalue weighted by Gasteiger charge is 2.21. The zero-order valence-corrected chi connectivity index (χ0v) is 14.8. The molecule has 6 nitrogen and oxygen atoms in total. The van der Waals surface area contributed by atoms with Crippen molar-refractivity contribution < 1.29 is 16.8 Å². The van der Waals surface area contributed by atoms with Crippen molar-refractivity contribution in [2.75, 3.05) is 0 Å². The molecule has 2 heterocycles. The smallest absolute Gasteiger partial charge is 0.224 e. The molecular weight excluding hydrogens is 399 g/mol. The second kappa shape index (κ2) is 6.13. The third kappa shape index (κ3) is 4.17. The van der Waals surface area contributed by atoms with Crippen LogP contribution in [0.2, 0.25) is 8.67 Å². The van der Waals surface area contributed by atoms with Crippen LogP contribution in [0.15, 0.2) is 27.3 Å². The van der Waals surface area contributed by atoms with E-state index in [1.54, 1.807) is 0 Å². The van der Waals surface area contributed by atoms with Crippen LogP contribution in [0.1, 0.15) is 4.88 Å². The van der Waals surface area contributed by atoms with E-state index in [1.807, 2.05) is 0 Å². The van der Waals surface area contributed by atoms with Gasteiger partial charge in [0, 0.05) is 11.4 Å². The summed E-state index contributed by atoms with van der Waals surface area (Å²) in [5.74, 6) is 0. The molecule has 0 unspecified atom stereocenters. The molecule has 0 aliphatic heterocycles. The lowest BCUT2D eigenvalue weighted by Gasteiger charge is -2.03. The summed E-state index contributed by atoms with van der Waals surface area (Å²) >= 11 is 13.3. The molecule has 2 aromatic rings. The predicted octanol–water partition coefficient (Wildman–Crippen LogP) is 2.24. The Labute approximate surface area is 139 Å². The van der Waals surface area contributed by atoms with E-state index in [4.69, 9.17) is 28.3 Å². The first-order chi connectivity index (χ1) is 9.59. The molecule has 21 heavy (non-hydrogen) atoms. The molecule has 0 saturated heterocycles. The molecule has 0 aliphatic rings. The molecule has 0 saturated carbocycles. The fraction of sp³-hybridized carbons (Fsp3) is 0.111. The lowest BCUT2D eigenvalue weighted by atomic mass is 10.5. The summed E-state index contributed by atoms with van der Waals surface area (Å²) < 4.78 is 49.0. The topological polar surface area (TPSA) is 106 Å². The van der Waals surface area contributed by atoms with Gasteiger partial charge in [-0.3, -0.25) is 0 Å². The quantitative estimate of drug-likeness (QED) is 0.793. The maximum absolute atomic E-state index is 12.1. The Balaban J connectivity index is 2.16. The van der Waals surface area contributed by atoms with E-state index in [1.165, 1.54) is 18.2 Å². The van der Waals surface area contributed by atoms with Crippen LogP contribution in [0, 0.1) is 0 Å². The van der Waals surface area contributed by atoms with Gasteiger partial charge in [-0.25, -0.2) is 26.7 Å². The van der Waals surface area contributed by atoms with Crippen molar-refractivity contribution >= 4 is 65.9 Å². The van der Waals surface area contributed by atoms with Gasteiger partial charge in [0.1, 0.15) is 13.4 Å². The molecule has 0 radical (unpaired) electrons. The van der Waals surface area contributed by atoms with Crippen LogP contribution >= 0.6 is 45.9 Å². The summed E-state index contributed by atoms with van der Waals surface area (Å²) in [4.78, 5) is 0.391. The van der Waals surface area contributed by atoms with Gasteiger partial charge in [-0.2, -0.15) is 0 Å². The molecule has 0 aliphatic carbocycles. The Morgan fingerprint density at radius 2 is 1.81 bits per heavy atom. The van der Waals surface area contributed by atoms with Crippen molar-refractivity contribution in [2.24, 2.45) is 5.14 Å². The number of hydrogen-bond donors (Lipinski definition) is 2. The SMILES string of the molecule is NS(=O)(=O)c1ccc(CNS(=O)(=O)c2cc(Cl)sc2Cl)s1. The zero-order valence-electron chi connectivity index (χ0n) is 10.0. The van der Waals surface area contributed by atoms with E-state index in [0.29, 0.717) is 4.88 Å². The van der Waals surface area contributed by atoms with Crippen molar-refractivity contribution in [3.63, 3.8) is 0 Å². The molecular formula is C9H8Cl2N2O4S4. The van der Waals surface area contributed by atoms with Gasteiger partial charge in [0.25, 0.3) is 0 Å². The van der Waals surface area contributed by atoms with Crippen molar-refractivity contribution in [2.45, 2.75) is 15.6 Å². The van der Waals surface area contributed by atoms with Crippen LogP contribution < -0.4 is 9.86 Å². The highest BCUT2D eigenvalue weighted by molar-refractivity contribution is 7.91. The van der Waals surface area contributed by atoms with Gasteiger partial charge in [-0.05, 0) is 18.2 Å². The molecule has 0 amide bonds. The Kier molecular flexibility index (Phi) is 5.01. The summed E-state index contributed by atoms with van der Waals surface area (Å²) in [6.45, 7) is -0.0771. The number of hydrogen-bond acceptors (Lipinski definition) is 6. The largest absolute Gasteiger partial charge is 0.247 e. The highest BCUT2D eigenvalue weighted by Crippen LogP contribution is 2.34. The highest BCUT2D eigenvalue weighted by atomic mass is 35.5. The van der Waals surface area contributed by atoms with Crippen LogP contribution in [-0.2, 0) is 26.6 Å². The predicted molar refractivity (Wildman–Crippen MR) is 84.1 cm³/mol. The van der Waals surface area contributed by atoms with E-state index >= 15 is 0 Å². The number of sulfonamides is 2. The Hall–Kier alpha value is -0.200. The number of nitrogens with two attached hydrogens (primary N) is 1. The van der Waals surface area contributed by atoms with Gasteiger partial charge >= 0.3 is 0 Å². The van der Waals surface area contributed by atoms with E-state index in [9.17, 15) is 16.8 Å². The van der Waals surface area contributed by atoms with Gasteiger partial charge < -0.3 is 0 Å². The standard InChI is InChI=1S/C9H8Cl2N2O4S4/c10-7-3-6(9(11)19-7)21(16,17)13-4-5-1-2-8(18-5)20(12,14)15/h1-3,13H,4H2,(H2,12,14,15). The minimum absolute atomic E-state index is 0.0340. The maximum Gasteiger partial charge on any atom is 0.247 e. The first kappa shape index (κ1) is 17.2. The normalized spacial score (nSPS) is 12.7. The zero-order chi connectivity index (χ0) is 15.8. The average molecular weight is 407 g/mol. The number of nitrogens with one attached hydrogen (secondary N) is 1. The average Bonchev–Trinajstić information content (AvgIpc) is 2.93. The van der Waals surface area contributed by atoms with Crippen LogP contribution in [-0.4, -0.2) is 16.8 Å². The van der Waals surface area contributed by atoms with E-state index in [-0.39, 0.29) is 24.3 Å². The van der Waals surface area contributed by atoms with Crippen LogP contribution in [0.4, 0.5) is 0 Å². The molecule has 116 valence electrons. The third-order valence-electron chi connectivity index (χ3n) is 2.27. The summed E-state index contributed by atoms with van der Waals surface area (Å²) in [7, 11) is -7.61. The van der Waals surface area contributed by atoms with Crippen LogP contribution in [0.25, 0.3) is 0 Å². The summed E-state index contributed by atoms with van der Waals surface area (Å²) in [5, 5.41) is 4.98. The summed E-state index contributed by atoms with van der Waals surface area (Å²) in [6.07, 6.45) is 0. The Morgan fingerprint density at radius 3 is 2.29 bits per heavy atom. The minimum Gasteiger partial charge on any atom is -0.224 e. The first-order valence-corrected chi connectivity index (χ1v) is 10.6. The molecule has 3 N–H and O–H groups in total. The van der Waals surface area contributed by atoms with Crippen molar-refractivity contribution in [3.8, 4) is 0 Å². The first-order valence-electron chi connectivity index (χ1n) is 5.15. The van der Waals surface area contributed by atoms with Crippen LogP contribution in [0.3, 0.4) is 0 Å². The Bertz CT molecular complexity index is 869. The molecule has 2 aromatic heterocycles. The van der Waals surface area contributed by atoms with Gasteiger partial charge in [0.15, 0.2) is 0 Å². The number of rotatable bonds is 5. The maximum atomic E-state index is 12.1. The fourth-order valence-corrected chi connectivity index (χ4v) is 6.32. The molecule has 0 fully saturated rings. The van der Waals surface area contributed by atoms with Gasteiger partial charge in [0.2, 0.25) is 20.0 Å². The third-order valence-corrected chi connectivity index (χ3v) is 7.95. The molecule has 12 heteroatoms. The number of halogens is 2. The number of primary sulfonamides is 1. The lowest BCUT2D eigenvalue weighted by molar-refractivity contribution is 0.582. The molecule has 0 bridgehead atoms. The van der Waals surface area contributed by atoms with Crippen molar-refractivity contribution in [1.82, 2.24) is 4.72 Å². The van der Waals surface area contributed by atoms with Crippen molar-refractivity contribution in [1.29, 1.82) is 0 Å². The van der Waals surface area contributed by atoms with Gasteiger partial charge in [0.05, 0.1) is 4.34 Å². The molecule has 0 aromatic carbocycles. The van der Waals surface area contributed by atoms with Gasteiger partial charge in [-0.15, -0.1) is 22.7 Å². The van der Waals surface area contributed by atoms with Crippen LogP contribution in [0.5, 0.6) is 0 Å². The fourth-order valence-electron chi connectivity index (χ4n) is 1.36. The van der Waals surface area contributed by atoms with E-state index < -0.39 is 20.0 Å². The van der Waals surface area contributed by atoms with E-state index in [2.05, 4.69) is 4.72 Å². The van der Waals surface area contributed by atoms with Crippen molar-refractivity contribution in [3.05, 3.63) is 31.7 Å². The summed E-state index contributed by atoms with van der Waals surface area (Å²) in [6, 6.07) is 4.05. The monoisotopic (exact) mass is 406 g/mol. The second-order valence-electron chi connectivity index (χ2n) is 3.78. The Morgan fingerprint density at radius 1 is 1.14 bits per heavy atom.